The van der Waals surface area contributed by atoms with Crippen molar-refractivity contribution < 1.29 is 24.1 Å². The summed E-state index contributed by atoms with van der Waals surface area (Å²) in [7, 11) is -2.96. The number of carbonyl (C=O) groups is 3. The van der Waals surface area contributed by atoms with E-state index in [9.17, 15) is 24.1 Å². The maximum absolute atomic E-state index is 14.2. The highest BCUT2D eigenvalue weighted by atomic mass is 31.2. The van der Waals surface area contributed by atoms with Gasteiger partial charge < -0.3 is 19.5 Å². The number of amides is 2. The third kappa shape index (κ3) is 6.91. The Bertz CT molecular complexity index is 1110. The Morgan fingerprint density at radius 3 is 1.89 bits per heavy atom. The molecule has 0 aromatic heterocycles. The molecule has 0 radical (unpaired) electrons. The van der Waals surface area contributed by atoms with Crippen molar-refractivity contribution >= 4 is 25.1 Å². The molecule has 2 aliphatic rings. The molecule has 3 atom stereocenters. The molecule has 0 unspecified atom stereocenters. The van der Waals surface area contributed by atoms with Gasteiger partial charge in [-0.2, -0.15) is 0 Å². The molecule has 0 bridgehead atoms. The first kappa shape index (κ1) is 28.1. The maximum Gasteiger partial charge on any atom is 0.326 e. The largest absolute Gasteiger partial charge is 0.480 e. The van der Waals surface area contributed by atoms with Gasteiger partial charge in [-0.05, 0) is 56.6 Å². The average molecular weight is 540 g/mol. The molecule has 2 heterocycles. The standard InChI is InChI=1S/C29H38N3O5P/c1-22(27(33)31-18-8-14-25(31)28(34)32-19-9-15-26(32)29(35)36)30-38(37,20-16-23-10-4-2-5-11-23)21-17-24-12-6-3-7-13-24/h2-7,10-13,22,25-26H,8-9,14-21H2,1H3,(H,30,37)(H,35,36)/t22-,25-,26-/m0/s1. The second-order valence-corrected chi connectivity index (χ2v) is 13.3. The summed E-state index contributed by atoms with van der Waals surface area (Å²) in [6, 6.07) is 17.6. The summed E-state index contributed by atoms with van der Waals surface area (Å²) in [5.41, 5.74) is 2.19. The normalized spacial score (nSPS) is 20.4. The molecule has 0 spiro atoms. The number of hydrogen-bond donors (Lipinski definition) is 2. The van der Waals surface area contributed by atoms with E-state index in [0.717, 1.165) is 11.1 Å². The minimum absolute atomic E-state index is 0.258. The fourth-order valence-corrected chi connectivity index (χ4v) is 8.11. The van der Waals surface area contributed by atoms with Gasteiger partial charge in [0.1, 0.15) is 19.4 Å². The molecule has 4 rings (SSSR count). The summed E-state index contributed by atoms with van der Waals surface area (Å²) >= 11 is 0. The van der Waals surface area contributed by atoms with E-state index in [1.165, 1.54) is 4.90 Å². The zero-order chi connectivity index (χ0) is 27.1. The molecule has 0 aliphatic carbocycles. The van der Waals surface area contributed by atoms with Gasteiger partial charge in [0, 0.05) is 25.4 Å². The molecule has 2 N–H and O–H groups in total. The van der Waals surface area contributed by atoms with E-state index in [1.54, 1.807) is 11.8 Å². The zero-order valence-electron chi connectivity index (χ0n) is 22.0. The van der Waals surface area contributed by atoms with Crippen LogP contribution >= 0.6 is 7.29 Å². The second kappa shape index (κ2) is 12.7. The molecule has 2 aromatic rings. The van der Waals surface area contributed by atoms with E-state index in [0.29, 0.717) is 63.9 Å². The molecular weight excluding hydrogens is 501 g/mol. The minimum Gasteiger partial charge on any atom is -0.480 e. The molecule has 8 nitrogen and oxygen atoms in total. The topological polar surface area (TPSA) is 107 Å². The lowest BCUT2D eigenvalue weighted by molar-refractivity contribution is -0.152. The van der Waals surface area contributed by atoms with Crippen LogP contribution in [0.15, 0.2) is 60.7 Å². The highest BCUT2D eigenvalue weighted by Gasteiger charge is 2.43. The predicted octanol–water partition coefficient (Wildman–Crippen LogP) is 3.79. The Kier molecular flexibility index (Phi) is 9.40. The first-order chi connectivity index (χ1) is 18.3. The van der Waals surface area contributed by atoms with Crippen LogP contribution in [-0.2, 0) is 31.8 Å². The highest BCUT2D eigenvalue weighted by molar-refractivity contribution is 7.61. The van der Waals surface area contributed by atoms with E-state index in [4.69, 9.17) is 0 Å². The van der Waals surface area contributed by atoms with Crippen LogP contribution in [0.1, 0.15) is 43.7 Å². The van der Waals surface area contributed by atoms with Gasteiger partial charge in [0.15, 0.2) is 0 Å². The molecule has 9 heteroatoms. The van der Waals surface area contributed by atoms with Crippen molar-refractivity contribution in [2.45, 2.75) is 63.6 Å². The molecule has 0 saturated carbocycles. The summed E-state index contributed by atoms with van der Waals surface area (Å²) in [6.07, 6.45) is 4.41. The Morgan fingerprint density at radius 2 is 1.37 bits per heavy atom. The molecule has 2 aliphatic heterocycles. The van der Waals surface area contributed by atoms with Gasteiger partial charge in [0.2, 0.25) is 11.8 Å². The van der Waals surface area contributed by atoms with Gasteiger partial charge in [-0.15, -0.1) is 0 Å². The molecule has 204 valence electrons. The van der Waals surface area contributed by atoms with Gasteiger partial charge >= 0.3 is 5.97 Å². The number of hydrogen-bond acceptors (Lipinski definition) is 4. The van der Waals surface area contributed by atoms with Gasteiger partial charge in [-0.25, -0.2) is 4.79 Å². The number of aliphatic carboxylic acids is 1. The van der Waals surface area contributed by atoms with Gasteiger partial charge in [0.05, 0.1) is 6.04 Å². The Labute approximate surface area is 224 Å². The van der Waals surface area contributed by atoms with Crippen molar-refractivity contribution in [3.63, 3.8) is 0 Å². The summed E-state index contributed by atoms with van der Waals surface area (Å²) < 4.78 is 14.2. The lowest BCUT2D eigenvalue weighted by atomic mass is 10.1. The lowest BCUT2D eigenvalue weighted by Gasteiger charge is -2.32. The molecular formula is C29H38N3O5P. The third-order valence-electron chi connectivity index (χ3n) is 7.65. The van der Waals surface area contributed by atoms with Crippen molar-refractivity contribution in [3.8, 4) is 0 Å². The number of likely N-dealkylation sites (tertiary alicyclic amines) is 2. The fourth-order valence-electron chi connectivity index (χ4n) is 5.57. The van der Waals surface area contributed by atoms with Gasteiger partial charge in [-0.3, -0.25) is 14.7 Å². The number of benzene rings is 2. The van der Waals surface area contributed by atoms with Gasteiger partial charge in [-0.1, -0.05) is 60.7 Å². The van der Waals surface area contributed by atoms with Crippen molar-refractivity contribution in [2.24, 2.45) is 0 Å². The average Bonchev–Trinajstić information content (AvgIpc) is 3.62. The zero-order valence-corrected chi connectivity index (χ0v) is 22.9. The number of carboxylic acids is 1. The van der Waals surface area contributed by atoms with Crippen LogP contribution in [0.4, 0.5) is 0 Å². The van der Waals surface area contributed by atoms with Crippen molar-refractivity contribution in [1.29, 1.82) is 0 Å². The van der Waals surface area contributed by atoms with Crippen LogP contribution < -0.4 is 5.09 Å². The number of carbonyl (C=O) groups excluding carboxylic acids is 2. The SMILES string of the molecule is C[C@H](NP(=O)(CCc1ccccc1)CCc1ccccc1)C(=O)N1CCC[C@H]1C(=O)N1CCC[C@H]1C(=O)O. The predicted molar refractivity (Wildman–Crippen MR) is 147 cm³/mol. The minimum atomic E-state index is -2.96. The second-order valence-electron chi connectivity index (χ2n) is 10.4. The first-order valence-electron chi connectivity index (χ1n) is 13.5. The lowest BCUT2D eigenvalue weighted by Crippen LogP contribution is -2.54. The number of nitrogens with zero attached hydrogens (tertiary/aromatic N) is 2. The van der Waals surface area contributed by atoms with Crippen LogP contribution in [0.5, 0.6) is 0 Å². The maximum atomic E-state index is 14.2. The summed E-state index contributed by atoms with van der Waals surface area (Å²) in [4.78, 5) is 41.5. The van der Waals surface area contributed by atoms with Crippen molar-refractivity contribution in [3.05, 3.63) is 71.8 Å². The quantitative estimate of drug-likeness (QED) is 0.421. The van der Waals surface area contributed by atoms with E-state index < -0.39 is 31.4 Å². The van der Waals surface area contributed by atoms with Crippen molar-refractivity contribution in [1.82, 2.24) is 14.9 Å². The van der Waals surface area contributed by atoms with Crippen molar-refractivity contribution in [2.75, 3.05) is 25.4 Å². The monoisotopic (exact) mass is 539 g/mol. The number of carboxylic acid groups (broad SMARTS) is 1. The Balaban J connectivity index is 1.45. The number of aryl methyl sites for hydroxylation is 2. The van der Waals surface area contributed by atoms with Crippen LogP contribution in [0.3, 0.4) is 0 Å². The molecule has 38 heavy (non-hydrogen) atoms. The third-order valence-corrected chi connectivity index (χ3v) is 10.4. The van der Waals surface area contributed by atoms with E-state index in [1.807, 2.05) is 60.7 Å². The van der Waals surface area contributed by atoms with Crippen LogP contribution in [0.25, 0.3) is 0 Å². The highest BCUT2D eigenvalue weighted by Crippen LogP contribution is 2.43. The number of nitrogens with one attached hydrogen (secondary N) is 1. The Morgan fingerprint density at radius 1 is 0.868 bits per heavy atom. The van der Waals surface area contributed by atoms with Crippen LogP contribution in [0, 0.1) is 0 Å². The smallest absolute Gasteiger partial charge is 0.326 e. The molecule has 2 amide bonds. The summed E-state index contributed by atoms with van der Waals surface area (Å²) in [5, 5.41) is 12.7. The molecule has 2 saturated heterocycles. The summed E-state index contributed by atoms with van der Waals surface area (Å²) in [6.45, 7) is 2.55. The van der Waals surface area contributed by atoms with Crippen LogP contribution in [0.2, 0.25) is 0 Å². The van der Waals surface area contributed by atoms with Crippen LogP contribution in [-0.4, -0.2) is 76.2 Å². The molecule has 2 aromatic carbocycles. The molecule has 2 fully saturated rings. The van der Waals surface area contributed by atoms with E-state index >= 15 is 0 Å². The fraction of sp³-hybridized carbons (Fsp3) is 0.483. The van der Waals surface area contributed by atoms with E-state index in [-0.39, 0.29) is 11.8 Å². The Hall–Kier alpha value is -2.96. The first-order valence-corrected chi connectivity index (χ1v) is 15.6. The summed E-state index contributed by atoms with van der Waals surface area (Å²) in [5.74, 6) is -1.55. The van der Waals surface area contributed by atoms with Gasteiger partial charge in [0.25, 0.3) is 0 Å². The number of rotatable bonds is 11. The van der Waals surface area contributed by atoms with E-state index in [2.05, 4.69) is 5.09 Å².